The van der Waals surface area contributed by atoms with Crippen molar-refractivity contribution in [3.63, 3.8) is 0 Å². The molecule has 1 aliphatic rings. The molecule has 0 aromatic heterocycles. The maximum absolute atomic E-state index is 10.9. The summed E-state index contributed by atoms with van der Waals surface area (Å²) in [6.45, 7) is 2.04. The molecule has 0 fully saturated rings. The molecule has 1 aromatic carbocycles. The topological polar surface area (TPSA) is 58.6 Å². The van der Waals surface area contributed by atoms with Crippen molar-refractivity contribution >= 4 is 27.5 Å². The first-order valence-corrected chi connectivity index (χ1v) is 5.29. The fraction of sp³-hybridized carbons (Fsp3) is 0.300. The van der Waals surface area contributed by atoms with Crippen LogP contribution >= 0.6 is 15.9 Å². The zero-order valence-electron chi connectivity index (χ0n) is 8.29. The average molecular weight is 274 g/mol. The highest BCUT2D eigenvalue weighted by Crippen LogP contribution is 2.30. The first-order chi connectivity index (χ1) is 7.17. The van der Waals surface area contributed by atoms with Gasteiger partial charge in [-0.15, -0.1) is 0 Å². The minimum absolute atomic E-state index is 0.106. The molecular formula is C10H12BrNO3. The molecule has 0 saturated carbocycles. The Labute approximate surface area is 96.4 Å². The number of carbonyl (C=O) groups is 1. The number of halogens is 1. The molecular weight excluding hydrogens is 262 g/mol. The molecule has 0 unspecified atom stereocenters. The van der Waals surface area contributed by atoms with Crippen LogP contribution in [-0.2, 0) is 4.79 Å². The monoisotopic (exact) mass is 273 g/mol. The van der Waals surface area contributed by atoms with E-state index in [-0.39, 0.29) is 19.1 Å². The van der Waals surface area contributed by atoms with Crippen LogP contribution in [0.1, 0.15) is 6.92 Å². The Kier molecular flexibility index (Phi) is 4.58. The number of ether oxygens (including phenoxy) is 1. The lowest BCUT2D eigenvalue weighted by atomic mass is 10.2. The molecule has 1 amide bonds. The molecule has 2 N–H and O–H groups in total. The van der Waals surface area contributed by atoms with E-state index in [9.17, 15) is 4.79 Å². The van der Waals surface area contributed by atoms with Crippen LogP contribution in [0.15, 0.2) is 22.7 Å². The summed E-state index contributed by atoms with van der Waals surface area (Å²) in [4.78, 5) is 10.9. The molecule has 1 aromatic rings. The van der Waals surface area contributed by atoms with Gasteiger partial charge < -0.3 is 15.2 Å². The fourth-order valence-electron chi connectivity index (χ4n) is 1.06. The van der Waals surface area contributed by atoms with Crippen LogP contribution in [0.25, 0.3) is 0 Å². The van der Waals surface area contributed by atoms with Gasteiger partial charge in [-0.25, -0.2) is 0 Å². The molecule has 5 heteroatoms. The van der Waals surface area contributed by atoms with Crippen molar-refractivity contribution in [3.05, 3.63) is 22.7 Å². The van der Waals surface area contributed by atoms with E-state index < -0.39 is 0 Å². The Bertz CT molecular complexity index is 355. The van der Waals surface area contributed by atoms with E-state index in [2.05, 4.69) is 21.2 Å². The molecule has 0 saturated heterocycles. The number of carbonyl (C=O) groups excluding carboxylic acids is 1. The van der Waals surface area contributed by atoms with E-state index in [1.807, 2.05) is 18.2 Å². The minimum atomic E-state index is -0.111. The maximum Gasteiger partial charge on any atom is 0.262 e. The Hall–Kier alpha value is -1.07. The summed E-state index contributed by atoms with van der Waals surface area (Å²) in [7, 11) is 0. The van der Waals surface area contributed by atoms with E-state index in [0.29, 0.717) is 0 Å². The Morgan fingerprint density at radius 2 is 2.27 bits per heavy atom. The van der Waals surface area contributed by atoms with E-state index in [1.54, 1.807) is 6.92 Å². The number of anilines is 1. The lowest BCUT2D eigenvalue weighted by molar-refractivity contribution is -0.118. The quantitative estimate of drug-likeness (QED) is 0.758. The number of amides is 1. The Morgan fingerprint density at radius 1 is 1.60 bits per heavy atom. The number of benzene rings is 1. The van der Waals surface area contributed by atoms with E-state index >= 15 is 0 Å². The lowest BCUT2D eigenvalue weighted by Crippen LogP contribution is -2.25. The van der Waals surface area contributed by atoms with Crippen molar-refractivity contribution < 1.29 is 14.6 Å². The third-order valence-electron chi connectivity index (χ3n) is 1.57. The van der Waals surface area contributed by atoms with E-state index in [1.165, 1.54) is 0 Å². The highest BCUT2D eigenvalue weighted by atomic mass is 79.9. The summed E-state index contributed by atoms with van der Waals surface area (Å²) in [5, 5.41) is 10.3. The molecule has 0 atom stereocenters. The molecule has 0 aliphatic carbocycles. The molecule has 1 heterocycles. The first-order valence-electron chi connectivity index (χ1n) is 4.50. The predicted octanol–water partition coefficient (Wildman–Crippen LogP) is 1.78. The fourth-order valence-corrected chi connectivity index (χ4v) is 1.42. The van der Waals surface area contributed by atoms with Crippen LogP contribution in [0.5, 0.6) is 5.75 Å². The van der Waals surface area contributed by atoms with Crippen molar-refractivity contribution in [3.8, 4) is 5.75 Å². The lowest BCUT2D eigenvalue weighted by Gasteiger charge is -2.17. The molecule has 1 aliphatic heterocycles. The van der Waals surface area contributed by atoms with Crippen molar-refractivity contribution in [1.29, 1.82) is 0 Å². The van der Waals surface area contributed by atoms with Gasteiger partial charge in [0.1, 0.15) is 5.75 Å². The molecule has 4 nitrogen and oxygen atoms in total. The van der Waals surface area contributed by atoms with Crippen molar-refractivity contribution in [2.24, 2.45) is 0 Å². The minimum Gasteiger partial charge on any atom is -0.482 e. The molecule has 2 rings (SSSR count). The van der Waals surface area contributed by atoms with Crippen LogP contribution in [0.3, 0.4) is 0 Å². The highest BCUT2D eigenvalue weighted by Gasteiger charge is 2.14. The molecule has 82 valence electrons. The zero-order valence-corrected chi connectivity index (χ0v) is 9.87. The van der Waals surface area contributed by atoms with E-state index in [4.69, 9.17) is 9.84 Å². The average Bonchev–Trinajstić information content (AvgIpc) is 2.18. The van der Waals surface area contributed by atoms with Crippen LogP contribution in [-0.4, -0.2) is 24.2 Å². The number of hydrogen-bond donors (Lipinski definition) is 2. The van der Waals surface area contributed by atoms with Gasteiger partial charge in [-0.1, -0.05) is 15.9 Å². The number of hydrogen-bond acceptors (Lipinski definition) is 3. The second-order valence-electron chi connectivity index (χ2n) is 2.79. The summed E-state index contributed by atoms with van der Waals surface area (Å²) in [5.41, 5.74) is 0.723. The third-order valence-corrected chi connectivity index (χ3v) is 2.07. The molecule has 0 radical (unpaired) electrons. The van der Waals surface area contributed by atoms with Gasteiger partial charge in [-0.2, -0.15) is 0 Å². The number of fused-ring (bicyclic) bond motifs is 1. The van der Waals surface area contributed by atoms with Gasteiger partial charge in [0, 0.05) is 11.1 Å². The van der Waals surface area contributed by atoms with Crippen molar-refractivity contribution in [2.75, 3.05) is 18.5 Å². The van der Waals surface area contributed by atoms with Crippen LogP contribution < -0.4 is 10.1 Å². The van der Waals surface area contributed by atoms with Crippen LogP contribution in [0.4, 0.5) is 5.69 Å². The standard InChI is InChI=1S/C8H6BrNO2.C2H6O/c9-5-1-2-7-6(3-5)10-8(11)4-12-7;1-2-3/h1-3H,4H2,(H,10,11);3H,2H2,1H3. The van der Waals surface area contributed by atoms with Gasteiger partial charge in [-0.3, -0.25) is 4.79 Å². The molecule has 15 heavy (non-hydrogen) atoms. The van der Waals surface area contributed by atoms with Crippen molar-refractivity contribution in [2.45, 2.75) is 6.92 Å². The summed E-state index contributed by atoms with van der Waals surface area (Å²) >= 11 is 3.30. The summed E-state index contributed by atoms with van der Waals surface area (Å²) in [6.07, 6.45) is 0. The maximum atomic E-state index is 10.9. The largest absolute Gasteiger partial charge is 0.482 e. The predicted molar refractivity (Wildman–Crippen MR) is 61.0 cm³/mol. The Morgan fingerprint density at radius 3 is 2.93 bits per heavy atom. The van der Waals surface area contributed by atoms with Gasteiger partial charge in [0.05, 0.1) is 5.69 Å². The number of aliphatic hydroxyl groups is 1. The normalized spacial score (nSPS) is 12.9. The number of aliphatic hydroxyl groups excluding tert-OH is 1. The third kappa shape index (κ3) is 3.53. The van der Waals surface area contributed by atoms with Crippen LogP contribution in [0.2, 0.25) is 0 Å². The Balaban J connectivity index is 0.000000337. The second-order valence-corrected chi connectivity index (χ2v) is 3.71. The first kappa shape index (κ1) is 12.0. The molecule has 0 bridgehead atoms. The van der Waals surface area contributed by atoms with Gasteiger partial charge in [0.2, 0.25) is 0 Å². The van der Waals surface area contributed by atoms with E-state index in [0.717, 1.165) is 15.9 Å². The van der Waals surface area contributed by atoms with Gasteiger partial charge in [0.15, 0.2) is 6.61 Å². The summed E-state index contributed by atoms with van der Waals surface area (Å²) < 4.78 is 6.08. The number of nitrogens with one attached hydrogen (secondary N) is 1. The number of rotatable bonds is 0. The zero-order chi connectivity index (χ0) is 11.3. The molecule has 0 spiro atoms. The van der Waals surface area contributed by atoms with Crippen LogP contribution in [0, 0.1) is 0 Å². The highest BCUT2D eigenvalue weighted by molar-refractivity contribution is 9.10. The SMILES string of the molecule is CCO.O=C1COc2ccc(Br)cc2N1. The van der Waals surface area contributed by atoms with Gasteiger partial charge >= 0.3 is 0 Å². The van der Waals surface area contributed by atoms with Gasteiger partial charge in [-0.05, 0) is 25.1 Å². The smallest absolute Gasteiger partial charge is 0.262 e. The summed E-state index contributed by atoms with van der Waals surface area (Å²) in [5.74, 6) is 0.610. The summed E-state index contributed by atoms with van der Waals surface area (Å²) in [6, 6.07) is 5.50. The second kappa shape index (κ2) is 5.72. The van der Waals surface area contributed by atoms with Crippen molar-refractivity contribution in [1.82, 2.24) is 0 Å². The van der Waals surface area contributed by atoms with Gasteiger partial charge in [0.25, 0.3) is 5.91 Å².